The minimum absolute atomic E-state index is 0.158. The summed E-state index contributed by atoms with van der Waals surface area (Å²) in [5.74, 6) is -0.647. The van der Waals surface area contributed by atoms with Crippen LogP contribution in [0.1, 0.15) is 24.2 Å². The number of aromatic carboxylic acids is 1. The highest BCUT2D eigenvalue weighted by molar-refractivity contribution is 5.93. The van der Waals surface area contributed by atoms with Gasteiger partial charge < -0.3 is 15.3 Å². The van der Waals surface area contributed by atoms with Crippen LogP contribution in [-0.2, 0) is 0 Å². The summed E-state index contributed by atoms with van der Waals surface area (Å²) in [5.41, 5.74) is 2.11. The second-order valence-electron chi connectivity index (χ2n) is 4.55. The predicted molar refractivity (Wildman–Crippen MR) is 84.5 cm³/mol. The third kappa shape index (κ3) is 3.51. The maximum absolute atomic E-state index is 11.1. The molecule has 0 atom stereocenters. The number of anilines is 3. The molecule has 0 amide bonds. The van der Waals surface area contributed by atoms with Crippen molar-refractivity contribution in [3.8, 4) is 0 Å². The van der Waals surface area contributed by atoms with Crippen molar-refractivity contribution in [2.45, 2.75) is 13.8 Å². The number of nitrogens with one attached hydrogen (secondary N) is 1. The van der Waals surface area contributed by atoms with Gasteiger partial charge in [0.2, 0.25) is 0 Å². The molecule has 110 valence electrons. The van der Waals surface area contributed by atoms with Crippen molar-refractivity contribution in [2.24, 2.45) is 0 Å². The molecule has 5 heteroatoms. The molecule has 0 radical (unpaired) electrons. The van der Waals surface area contributed by atoms with E-state index in [1.807, 2.05) is 24.3 Å². The van der Waals surface area contributed by atoms with E-state index in [0.29, 0.717) is 5.82 Å². The molecule has 0 spiro atoms. The second kappa shape index (κ2) is 6.74. The number of benzene rings is 1. The average molecular weight is 285 g/mol. The first kappa shape index (κ1) is 14.8. The Kier molecular flexibility index (Phi) is 4.77. The summed E-state index contributed by atoms with van der Waals surface area (Å²) in [4.78, 5) is 17.5. The topological polar surface area (TPSA) is 65.5 Å². The Morgan fingerprint density at radius 3 is 2.43 bits per heavy atom. The number of carboxylic acids is 1. The molecule has 2 aromatic rings. The van der Waals surface area contributed by atoms with Crippen molar-refractivity contribution in [1.29, 1.82) is 0 Å². The van der Waals surface area contributed by atoms with Crippen LogP contribution in [0, 0.1) is 0 Å². The zero-order valence-corrected chi connectivity index (χ0v) is 12.2. The van der Waals surface area contributed by atoms with Crippen LogP contribution < -0.4 is 10.2 Å². The van der Waals surface area contributed by atoms with Crippen LogP contribution in [0.25, 0.3) is 0 Å². The van der Waals surface area contributed by atoms with Crippen molar-refractivity contribution >= 4 is 23.2 Å². The predicted octanol–water partition coefficient (Wildman–Crippen LogP) is 3.37. The number of nitrogens with zero attached hydrogens (tertiary/aromatic N) is 2. The van der Waals surface area contributed by atoms with E-state index in [2.05, 4.69) is 29.0 Å². The molecule has 0 aliphatic heterocycles. The number of carboxylic acid groups (broad SMARTS) is 1. The molecule has 0 saturated heterocycles. The molecule has 0 aliphatic rings. The van der Waals surface area contributed by atoms with E-state index in [9.17, 15) is 4.79 Å². The molecule has 1 heterocycles. The molecule has 2 rings (SSSR count). The van der Waals surface area contributed by atoms with E-state index in [0.717, 1.165) is 24.5 Å². The van der Waals surface area contributed by atoms with Crippen molar-refractivity contribution in [3.63, 3.8) is 0 Å². The van der Waals surface area contributed by atoms with Gasteiger partial charge in [-0.3, -0.25) is 0 Å². The molecular formula is C16H19N3O2. The zero-order chi connectivity index (χ0) is 15.2. The highest BCUT2D eigenvalue weighted by Crippen LogP contribution is 2.22. The van der Waals surface area contributed by atoms with Crippen molar-refractivity contribution < 1.29 is 9.90 Å². The van der Waals surface area contributed by atoms with Gasteiger partial charge in [0.25, 0.3) is 0 Å². The minimum Gasteiger partial charge on any atom is -0.478 e. The number of aromatic nitrogens is 1. The Bertz CT molecular complexity index is 607. The highest BCUT2D eigenvalue weighted by Gasteiger charge is 2.10. The van der Waals surface area contributed by atoms with Crippen LogP contribution in [0.3, 0.4) is 0 Å². The van der Waals surface area contributed by atoms with Crippen LogP contribution in [0.5, 0.6) is 0 Å². The molecule has 2 N–H and O–H groups in total. The molecule has 0 unspecified atom stereocenters. The first-order valence-corrected chi connectivity index (χ1v) is 6.96. The van der Waals surface area contributed by atoms with Crippen LogP contribution in [-0.4, -0.2) is 29.1 Å². The van der Waals surface area contributed by atoms with Gasteiger partial charge in [0.15, 0.2) is 0 Å². The molecule has 5 nitrogen and oxygen atoms in total. The Morgan fingerprint density at radius 2 is 1.86 bits per heavy atom. The fraction of sp³-hybridized carbons (Fsp3) is 0.250. The van der Waals surface area contributed by atoms with Crippen LogP contribution >= 0.6 is 0 Å². The van der Waals surface area contributed by atoms with E-state index >= 15 is 0 Å². The number of pyridine rings is 1. The molecule has 0 saturated carbocycles. The number of carbonyl (C=O) groups is 1. The quantitative estimate of drug-likeness (QED) is 0.852. The summed E-state index contributed by atoms with van der Waals surface area (Å²) >= 11 is 0. The summed E-state index contributed by atoms with van der Waals surface area (Å²) < 4.78 is 0. The van der Waals surface area contributed by atoms with Crippen LogP contribution in [0.4, 0.5) is 17.2 Å². The summed E-state index contributed by atoms with van der Waals surface area (Å²) in [5, 5.41) is 12.2. The third-order valence-electron chi connectivity index (χ3n) is 3.30. The first-order chi connectivity index (χ1) is 10.2. The molecule has 0 bridgehead atoms. The van der Waals surface area contributed by atoms with E-state index in [1.165, 1.54) is 6.07 Å². The lowest BCUT2D eigenvalue weighted by Gasteiger charge is -2.21. The molecule has 0 fully saturated rings. The lowest BCUT2D eigenvalue weighted by Crippen LogP contribution is -2.21. The smallest absolute Gasteiger partial charge is 0.339 e. The lowest BCUT2D eigenvalue weighted by atomic mass is 10.2. The summed E-state index contributed by atoms with van der Waals surface area (Å²) in [7, 11) is 0. The first-order valence-electron chi connectivity index (χ1n) is 6.96. The van der Waals surface area contributed by atoms with Gasteiger partial charge >= 0.3 is 5.97 Å². The lowest BCUT2D eigenvalue weighted by molar-refractivity contribution is 0.0697. The largest absolute Gasteiger partial charge is 0.478 e. The van der Waals surface area contributed by atoms with Crippen molar-refractivity contribution in [3.05, 3.63) is 48.2 Å². The van der Waals surface area contributed by atoms with E-state index in [1.54, 1.807) is 12.3 Å². The molecular weight excluding hydrogens is 266 g/mol. The minimum atomic E-state index is -0.995. The molecule has 1 aromatic heterocycles. The SMILES string of the molecule is CCN(CC)c1ccc(Nc2ncccc2C(=O)O)cc1. The summed E-state index contributed by atoms with van der Waals surface area (Å²) in [6.07, 6.45) is 1.57. The fourth-order valence-corrected chi connectivity index (χ4v) is 2.16. The number of rotatable bonds is 6. The van der Waals surface area contributed by atoms with Gasteiger partial charge in [-0.2, -0.15) is 0 Å². The van der Waals surface area contributed by atoms with Crippen molar-refractivity contribution in [2.75, 3.05) is 23.3 Å². The van der Waals surface area contributed by atoms with Crippen LogP contribution in [0.15, 0.2) is 42.6 Å². The van der Waals surface area contributed by atoms with E-state index in [-0.39, 0.29) is 5.56 Å². The van der Waals surface area contributed by atoms with Gasteiger partial charge in [-0.25, -0.2) is 9.78 Å². The van der Waals surface area contributed by atoms with Gasteiger partial charge in [-0.15, -0.1) is 0 Å². The van der Waals surface area contributed by atoms with Gasteiger partial charge in [0, 0.05) is 30.7 Å². The zero-order valence-electron chi connectivity index (χ0n) is 12.2. The molecule has 21 heavy (non-hydrogen) atoms. The Labute approximate surface area is 124 Å². The fourth-order valence-electron chi connectivity index (χ4n) is 2.16. The van der Waals surface area contributed by atoms with Gasteiger partial charge in [0.05, 0.1) is 0 Å². The van der Waals surface area contributed by atoms with Gasteiger partial charge in [-0.1, -0.05) is 0 Å². The van der Waals surface area contributed by atoms with Gasteiger partial charge in [0.1, 0.15) is 11.4 Å². The monoisotopic (exact) mass is 285 g/mol. The Balaban J connectivity index is 2.19. The van der Waals surface area contributed by atoms with Crippen molar-refractivity contribution in [1.82, 2.24) is 4.98 Å². The van der Waals surface area contributed by atoms with Gasteiger partial charge in [-0.05, 0) is 50.2 Å². The number of hydrogen-bond acceptors (Lipinski definition) is 4. The van der Waals surface area contributed by atoms with Crippen LogP contribution in [0.2, 0.25) is 0 Å². The average Bonchev–Trinajstić information content (AvgIpc) is 2.50. The standard InChI is InChI=1S/C16H19N3O2/c1-3-19(4-2)13-9-7-12(8-10-13)18-15-14(16(20)21)6-5-11-17-15/h5-11H,3-4H2,1-2H3,(H,17,18)(H,20,21). The molecule has 0 aliphatic carbocycles. The second-order valence-corrected chi connectivity index (χ2v) is 4.55. The maximum Gasteiger partial charge on any atom is 0.339 e. The van der Waals surface area contributed by atoms with E-state index < -0.39 is 5.97 Å². The Hall–Kier alpha value is -2.56. The summed E-state index contributed by atoms with van der Waals surface area (Å²) in [6.45, 7) is 6.13. The normalized spacial score (nSPS) is 10.2. The highest BCUT2D eigenvalue weighted by atomic mass is 16.4. The summed E-state index contributed by atoms with van der Waals surface area (Å²) in [6, 6.07) is 11.0. The van der Waals surface area contributed by atoms with E-state index in [4.69, 9.17) is 5.11 Å². The number of hydrogen-bond donors (Lipinski definition) is 2. The third-order valence-corrected chi connectivity index (χ3v) is 3.30. The maximum atomic E-state index is 11.1. The Morgan fingerprint density at radius 1 is 1.19 bits per heavy atom. The molecule has 1 aromatic carbocycles.